The second-order valence-corrected chi connectivity index (χ2v) is 10.8. The molecule has 0 spiro atoms. The Hall–Kier alpha value is -3.26. The smallest absolute Gasteiger partial charge is 0.226 e. The lowest BCUT2D eigenvalue weighted by molar-refractivity contribution is -0.139. The van der Waals surface area contributed by atoms with Crippen LogP contribution in [0.5, 0.6) is 5.88 Å². The van der Waals surface area contributed by atoms with Crippen LogP contribution in [-0.4, -0.2) is 58.3 Å². The van der Waals surface area contributed by atoms with Crippen LogP contribution in [0.3, 0.4) is 0 Å². The Kier molecular flexibility index (Phi) is 8.07. The van der Waals surface area contributed by atoms with Crippen LogP contribution < -0.4 is 10.1 Å². The number of ketones is 1. The molecule has 3 saturated heterocycles. The van der Waals surface area contributed by atoms with Crippen LogP contribution in [0.2, 0.25) is 0 Å². The Balaban J connectivity index is 1.36. The van der Waals surface area contributed by atoms with Gasteiger partial charge in [0.2, 0.25) is 11.8 Å². The van der Waals surface area contributed by atoms with Crippen molar-refractivity contribution in [3.05, 3.63) is 42.4 Å². The number of pyridine rings is 1. The number of aromatic amines is 1. The van der Waals surface area contributed by atoms with Crippen molar-refractivity contribution < 1.29 is 14.3 Å². The third-order valence-electron chi connectivity index (χ3n) is 8.45. The molecule has 38 heavy (non-hydrogen) atoms. The molecule has 1 amide bonds. The van der Waals surface area contributed by atoms with Gasteiger partial charge in [0.15, 0.2) is 0 Å². The van der Waals surface area contributed by atoms with Gasteiger partial charge in [0, 0.05) is 18.2 Å². The molecule has 5 heterocycles. The van der Waals surface area contributed by atoms with Crippen molar-refractivity contribution in [1.29, 1.82) is 0 Å². The number of hydrogen-bond acceptors (Lipinski definition) is 6. The van der Waals surface area contributed by atoms with Crippen LogP contribution in [0, 0.1) is 5.41 Å². The molecule has 1 aromatic carbocycles. The first-order valence-corrected chi connectivity index (χ1v) is 14.1. The van der Waals surface area contributed by atoms with Gasteiger partial charge in [0.25, 0.3) is 0 Å². The van der Waals surface area contributed by atoms with E-state index in [1.165, 1.54) is 0 Å². The SMILES string of the molecule is CCC(=O)CCCCC[C@H](NC(=O)C12CCN(CC1)CC2)c1ncc(-c2cc3ccccc3nc2OC)[nH]1. The number of rotatable bonds is 12. The number of carbonyl (C=O) groups is 2. The number of aromatic nitrogens is 3. The van der Waals surface area contributed by atoms with E-state index in [9.17, 15) is 9.59 Å². The minimum absolute atomic E-state index is 0.158. The zero-order valence-electron chi connectivity index (χ0n) is 22.6. The molecular weight excluding hydrogens is 478 g/mol. The van der Waals surface area contributed by atoms with Crippen molar-refractivity contribution in [3.63, 3.8) is 0 Å². The fourth-order valence-electron chi connectivity index (χ4n) is 5.88. The van der Waals surface area contributed by atoms with Crippen LogP contribution in [0.1, 0.15) is 76.6 Å². The molecular formula is C30H39N5O3. The first-order chi connectivity index (χ1) is 18.5. The Morgan fingerprint density at radius 2 is 1.89 bits per heavy atom. The van der Waals surface area contributed by atoms with E-state index in [0.29, 0.717) is 24.5 Å². The van der Waals surface area contributed by atoms with E-state index in [0.717, 1.165) is 92.6 Å². The van der Waals surface area contributed by atoms with Gasteiger partial charge >= 0.3 is 0 Å². The molecule has 6 rings (SSSR count). The number of ether oxygens (including phenoxy) is 1. The summed E-state index contributed by atoms with van der Waals surface area (Å²) in [6.07, 6.45) is 9.34. The van der Waals surface area contributed by atoms with Crippen molar-refractivity contribution in [2.45, 2.75) is 70.8 Å². The molecule has 0 saturated carbocycles. The number of H-pyrrole nitrogens is 1. The lowest BCUT2D eigenvalue weighted by atomic mass is 9.71. The summed E-state index contributed by atoms with van der Waals surface area (Å²) in [6, 6.07) is 9.80. The summed E-state index contributed by atoms with van der Waals surface area (Å²) >= 11 is 0. The second-order valence-electron chi connectivity index (χ2n) is 10.8. The number of amides is 1. The maximum Gasteiger partial charge on any atom is 0.226 e. The van der Waals surface area contributed by atoms with E-state index in [-0.39, 0.29) is 17.4 Å². The summed E-state index contributed by atoms with van der Waals surface area (Å²) in [7, 11) is 1.62. The number of methoxy groups -OCH3 is 1. The molecule has 1 atom stereocenters. The van der Waals surface area contributed by atoms with Crippen LogP contribution in [0.25, 0.3) is 22.2 Å². The number of carbonyl (C=O) groups excluding carboxylic acids is 2. The number of nitrogens with zero attached hydrogens (tertiary/aromatic N) is 3. The van der Waals surface area contributed by atoms with Crippen molar-refractivity contribution in [2.24, 2.45) is 5.41 Å². The van der Waals surface area contributed by atoms with Crippen LogP contribution in [0.4, 0.5) is 0 Å². The number of imidazole rings is 1. The second kappa shape index (κ2) is 11.6. The van der Waals surface area contributed by atoms with E-state index < -0.39 is 0 Å². The number of fused-ring (bicyclic) bond motifs is 4. The van der Waals surface area contributed by atoms with E-state index in [1.807, 2.05) is 31.2 Å². The molecule has 0 radical (unpaired) electrons. The Morgan fingerprint density at radius 1 is 1.13 bits per heavy atom. The van der Waals surface area contributed by atoms with Gasteiger partial charge in [-0.25, -0.2) is 9.97 Å². The van der Waals surface area contributed by atoms with Gasteiger partial charge in [-0.1, -0.05) is 38.0 Å². The maximum absolute atomic E-state index is 13.7. The van der Waals surface area contributed by atoms with Crippen molar-refractivity contribution in [1.82, 2.24) is 25.2 Å². The molecule has 2 N–H and O–H groups in total. The minimum Gasteiger partial charge on any atom is -0.480 e. The summed E-state index contributed by atoms with van der Waals surface area (Å²) in [5, 5.41) is 4.41. The van der Waals surface area contributed by atoms with E-state index in [4.69, 9.17) is 9.72 Å². The predicted molar refractivity (Wildman–Crippen MR) is 148 cm³/mol. The monoisotopic (exact) mass is 517 g/mol. The molecule has 0 unspecified atom stereocenters. The van der Waals surface area contributed by atoms with E-state index in [2.05, 4.69) is 26.3 Å². The molecule has 2 bridgehead atoms. The summed E-state index contributed by atoms with van der Waals surface area (Å²) in [4.78, 5) is 40.7. The summed E-state index contributed by atoms with van der Waals surface area (Å²) in [5.74, 6) is 1.75. The van der Waals surface area contributed by atoms with Gasteiger partial charge < -0.3 is 19.9 Å². The molecule has 3 aliphatic heterocycles. The predicted octanol–water partition coefficient (Wildman–Crippen LogP) is 5.21. The fraction of sp³-hybridized carbons (Fsp3) is 0.533. The molecule has 0 aliphatic carbocycles. The molecule has 202 valence electrons. The largest absolute Gasteiger partial charge is 0.480 e. The summed E-state index contributed by atoms with van der Waals surface area (Å²) in [6.45, 7) is 4.92. The first kappa shape index (κ1) is 26.4. The normalized spacial score (nSPS) is 21.4. The average Bonchev–Trinajstić information content (AvgIpc) is 3.46. The molecule has 8 nitrogen and oxygen atoms in total. The highest BCUT2D eigenvalue weighted by Gasteiger charge is 2.45. The van der Waals surface area contributed by atoms with E-state index >= 15 is 0 Å². The lowest BCUT2D eigenvalue weighted by Gasteiger charge is -2.47. The quantitative estimate of drug-likeness (QED) is 0.320. The Morgan fingerprint density at radius 3 is 2.63 bits per heavy atom. The van der Waals surface area contributed by atoms with Gasteiger partial charge in [-0.05, 0) is 63.9 Å². The van der Waals surface area contributed by atoms with Crippen molar-refractivity contribution in [3.8, 4) is 17.1 Å². The van der Waals surface area contributed by atoms with Gasteiger partial charge in [-0.3, -0.25) is 9.59 Å². The number of unbranched alkanes of at least 4 members (excludes halogenated alkanes) is 2. The molecule has 3 aromatic rings. The zero-order chi connectivity index (χ0) is 26.5. The minimum atomic E-state index is -0.262. The number of hydrogen-bond donors (Lipinski definition) is 2. The number of Topliss-reactive ketones (excluding diaryl/α,β-unsaturated/α-hetero) is 1. The Labute approximate surface area is 224 Å². The molecule has 3 aliphatic rings. The van der Waals surface area contributed by atoms with Gasteiger partial charge in [0.05, 0.1) is 41.5 Å². The number of benzene rings is 1. The van der Waals surface area contributed by atoms with Crippen LogP contribution in [0.15, 0.2) is 36.5 Å². The number of piperidine rings is 3. The zero-order valence-corrected chi connectivity index (χ0v) is 22.6. The van der Waals surface area contributed by atoms with E-state index in [1.54, 1.807) is 13.3 Å². The maximum atomic E-state index is 13.7. The highest BCUT2D eigenvalue weighted by molar-refractivity contribution is 5.85. The molecule has 8 heteroatoms. The Bertz CT molecular complexity index is 1260. The highest BCUT2D eigenvalue weighted by atomic mass is 16.5. The van der Waals surface area contributed by atoms with Crippen molar-refractivity contribution >= 4 is 22.6 Å². The number of para-hydroxylation sites is 1. The highest BCUT2D eigenvalue weighted by Crippen LogP contribution is 2.41. The third kappa shape index (κ3) is 5.60. The van der Waals surface area contributed by atoms with Gasteiger partial charge in [-0.2, -0.15) is 0 Å². The molecule has 2 aromatic heterocycles. The van der Waals surface area contributed by atoms with Crippen LogP contribution in [-0.2, 0) is 9.59 Å². The first-order valence-electron chi connectivity index (χ1n) is 14.1. The standard InChI is InChI=1S/C30H39N5O3/c1-3-22(36)10-5-4-6-12-25(34-29(37)30-13-16-35(17-14-30)18-15-30)27-31-20-26(32-27)23-19-21-9-7-8-11-24(21)33-28(23)38-2/h7-9,11,19-20,25H,3-6,10,12-18H2,1-2H3,(H,31,32)(H,34,37)/t25-/m0/s1. The third-order valence-corrected chi connectivity index (χ3v) is 8.45. The molecule has 3 fully saturated rings. The fourth-order valence-corrected chi connectivity index (χ4v) is 5.88. The summed E-state index contributed by atoms with van der Waals surface area (Å²) < 4.78 is 5.61. The average molecular weight is 518 g/mol. The number of nitrogens with one attached hydrogen (secondary N) is 2. The summed E-state index contributed by atoms with van der Waals surface area (Å²) in [5.41, 5.74) is 2.26. The van der Waals surface area contributed by atoms with Crippen LogP contribution >= 0.6 is 0 Å². The van der Waals surface area contributed by atoms with Gasteiger partial charge in [0.1, 0.15) is 11.6 Å². The topological polar surface area (TPSA) is 100 Å². The van der Waals surface area contributed by atoms with Gasteiger partial charge in [-0.15, -0.1) is 0 Å². The lowest BCUT2D eigenvalue weighted by Crippen LogP contribution is -2.55. The van der Waals surface area contributed by atoms with Crippen molar-refractivity contribution in [2.75, 3.05) is 26.7 Å².